The zero-order valence-corrected chi connectivity index (χ0v) is 11.3. The number of nitrogens with one attached hydrogen (secondary N) is 1. The fourth-order valence-corrected chi connectivity index (χ4v) is 1.21. The third-order valence-electron chi connectivity index (χ3n) is 2.50. The van der Waals surface area contributed by atoms with Crippen molar-refractivity contribution < 1.29 is 4.58 Å². The van der Waals surface area contributed by atoms with Gasteiger partial charge in [-0.25, -0.2) is 4.58 Å². The van der Waals surface area contributed by atoms with Gasteiger partial charge in [0, 0.05) is 24.9 Å². The van der Waals surface area contributed by atoms with Gasteiger partial charge in [-0.1, -0.05) is 36.4 Å². The fourth-order valence-electron chi connectivity index (χ4n) is 1.21. The molecule has 1 aromatic carbocycles. The minimum Gasteiger partial charge on any atom is -0.362 e. The molecule has 0 aliphatic rings. The van der Waals surface area contributed by atoms with Crippen LogP contribution in [0.4, 0.5) is 5.69 Å². The van der Waals surface area contributed by atoms with Gasteiger partial charge in [-0.05, 0) is 18.2 Å². The number of para-hydroxylation sites is 1. The van der Waals surface area contributed by atoms with Crippen LogP contribution in [0.5, 0.6) is 0 Å². The minimum absolute atomic E-state index is 1.09. The lowest BCUT2D eigenvalue weighted by atomic mass is 10.3. The van der Waals surface area contributed by atoms with Crippen LogP contribution in [0.3, 0.4) is 0 Å². The summed E-state index contributed by atoms with van der Waals surface area (Å²) >= 11 is 0. The molecule has 2 heteroatoms. The first kappa shape index (κ1) is 14.0. The number of hydrogen-bond acceptors (Lipinski definition) is 1. The van der Waals surface area contributed by atoms with Gasteiger partial charge >= 0.3 is 0 Å². The van der Waals surface area contributed by atoms with Crippen LogP contribution in [0.1, 0.15) is 6.92 Å². The van der Waals surface area contributed by atoms with E-state index >= 15 is 0 Å². The van der Waals surface area contributed by atoms with Gasteiger partial charge in [0.1, 0.15) is 14.1 Å². The smallest absolute Gasteiger partial charge is 0.172 e. The van der Waals surface area contributed by atoms with Crippen molar-refractivity contribution in [2.75, 3.05) is 19.4 Å². The highest BCUT2D eigenvalue weighted by atomic mass is 14.9. The minimum atomic E-state index is 1.09. The molecule has 0 amide bonds. The molecule has 0 aliphatic heterocycles. The topological polar surface area (TPSA) is 15.0 Å². The standard InChI is InChI=1S/C16H20N2/c1-15(18(2)3)11-7-4-5-10-14-17-16-12-8-6-9-13-16/h4-14H,1-3H3/p+1. The number of allylic oxidation sites excluding steroid dienone is 5. The summed E-state index contributed by atoms with van der Waals surface area (Å²) in [6, 6.07) is 10.1. The summed E-state index contributed by atoms with van der Waals surface area (Å²) < 4.78 is 2.08. The van der Waals surface area contributed by atoms with Crippen molar-refractivity contribution >= 4 is 11.4 Å². The Morgan fingerprint density at radius 1 is 1.00 bits per heavy atom. The van der Waals surface area contributed by atoms with Crippen LogP contribution in [0.2, 0.25) is 0 Å². The molecule has 1 N–H and O–H groups in total. The van der Waals surface area contributed by atoms with Gasteiger partial charge in [0.15, 0.2) is 5.71 Å². The van der Waals surface area contributed by atoms with E-state index < -0.39 is 0 Å². The molecule has 0 fully saturated rings. The molecule has 0 aliphatic carbocycles. The summed E-state index contributed by atoms with van der Waals surface area (Å²) in [5.74, 6) is 0. The molecule has 0 atom stereocenters. The van der Waals surface area contributed by atoms with Crippen molar-refractivity contribution in [3.63, 3.8) is 0 Å². The number of nitrogens with zero attached hydrogens (tertiary/aromatic N) is 1. The number of benzene rings is 1. The molecule has 1 rings (SSSR count). The second-order valence-electron chi connectivity index (χ2n) is 4.15. The number of anilines is 1. The Hall–Kier alpha value is -2.09. The summed E-state index contributed by atoms with van der Waals surface area (Å²) in [7, 11) is 4.07. The molecule has 0 saturated heterocycles. The number of hydrogen-bond donors (Lipinski definition) is 1. The van der Waals surface area contributed by atoms with E-state index in [1.54, 1.807) is 0 Å². The second-order valence-corrected chi connectivity index (χ2v) is 4.15. The second kappa shape index (κ2) is 8.07. The van der Waals surface area contributed by atoms with Gasteiger partial charge in [-0.3, -0.25) is 0 Å². The normalized spacial score (nSPS) is 11.5. The molecular formula is C16H21N2+. The Kier molecular flexibility index (Phi) is 6.26. The zero-order chi connectivity index (χ0) is 13.2. The summed E-state index contributed by atoms with van der Waals surface area (Å²) in [6.07, 6.45) is 12.0. The van der Waals surface area contributed by atoms with Crippen molar-refractivity contribution in [1.29, 1.82) is 0 Å². The Morgan fingerprint density at radius 2 is 1.67 bits per heavy atom. The molecule has 0 unspecified atom stereocenters. The summed E-state index contributed by atoms with van der Waals surface area (Å²) in [5.41, 5.74) is 2.32. The van der Waals surface area contributed by atoms with E-state index in [-0.39, 0.29) is 0 Å². The SMILES string of the molecule is CC(C=CC=CC=CNc1ccccc1)=[N+](C)C. The maximum absolute atomic E-state index is 3.19. The van der Waals surface area contributed by atoms with E-state index in [0.29, 0.717) is 0 Å². The molecule has 0 saturated carbocycles. The average Bonchev–Trinajstić information content (AvgIpc) is 2.38. The first-order chi connectivity index (χ1) is 8.70. The summed E-state index contributed by atoms with van der Waals surface area (Å²) in [6.45, 7) is 2.08. The van der Waals surface area contributed by atoms with Crippen LogP contribution in [0, 0.1) is 0 Å². The molecule has 0 bridgehead atoms. The Balaban J connectivity index is 2.35. The van der Waals surface area contributed by atoms with Crippen molar-refractivity contribution in [3.8, 4) is 0 Å². The van der Waals surface area contributed by atoms with E-state index in [0.717, 1.165) is 5.69 Å². The van der Waals surface area contributed by atoms with Gasteiger partial charge in [-0.2, -0.15) is 0 Å². The van der Waals surface area contributed by atoms with Gasteiger partial charge in [0.05, 0.1) is 0 Å². The molecule has 2 nitrogen and oxygen atoms in total. The summed E-state index contributed by atoms with van der Waals surface area (Å²) in [5, 5.41) is 3.19. The van der Waals surface area contributed by atoms with Crippen LogP contribution in [0.15, 0.2) is 66.9 Å². The van der Waals surface area contributed by atoms with Crippen LogP contribution < -0.4 is 5.32 Å². The maximum atomic E-state index is 3.19. The lowest BCUT2D eigenvalue weighted by molar-refractivity contribution is -0.464. The first-order valence-corrected chi connectivity index (χ1v) is 6.02. The highest BCUT2D eigenvalue weighted by Crippen LogP contribution is 2.04. The molecular weight excluding hydrogens is 220 g/mol. The van der Waals surface area contributed by atoms with Crippen LogP contribution in [0.25, 0.3) is 0 Å². The highest BCUT2D eigenvalue weighted by molar-refractivity contribution is 5.88. The molecule has 1 aromatic rings. The van der Waals surface area contributed by atoms with Crippen molar-refractivity contribution in [1.82, 2.24) is 0 Å². The third kappa shape index (κ3) is 5.85. The summed E-state index contributed by atoms with van der Waals surface area (Å²) in [4.78, 5) is 0. The fraction of sp³-hybridized carbons (Fsp3) is 0.188. The van der Waals surface area contributed by atoms with E-state index in [2.05, 4.69) is 22.9 Å². The van der Waals surface area contributed by atoms with E-state index in [1.165, 1.54) is 5.71 Å². The van der Waals surface area contributed by atoms with Gasteiger partial charge < -0.3 is 5.32 Å². The zero-order valence-electron chi connectivity index (χ0n) is 11.3. The molecule has 0 aromatic heterocycles. The van der Waals surface area contributed by atoms with E-state index in [1.807, 2.05) is 74.9 Å². The molecule has 0 heterocycles. The van der Waals surface area contributed by atoms with Gasteiger partial charge in [-0.15, -0.1) is 0 Å². The Morgan fingerprint density at radius 3 is 2.33 bits per heavy atom. The van der Waals surface area contributed by atoms with Gasteiger partial charge in [0.2, 0.25) is 0 Å². The van der Waals surface area contributed by atoms with Crippen molar-refractivity contribution in [2.24, 2.45) is 0 Å². The maximum Gasteiger partial charge on any atom is 0.172 e. The molecule has 18 heavy (non-hydrogen) atoms. The highest BCUT2D eigenvalue weighted by Gasteiger charge is 1.89. The molecule has 0 spiro atoms. The van der Waals surface area contributed by atoms with E-state index in [4.69, 9.17) is 0 Å². The lowest BCUT2D eigenvalue weighted by Gasteiger charge is -1.97. The third-order valence-corrected chi connectivity index (χ3v) is 2.50. The predicted molar refractivity (Wildman–Crippen MR) is 80.3 cm³/mol. The van der Waals surface area contributed by atoms with Crippen LogP contribution in [-0.4, -0.2) is 24.4 Å². The van der Waals surface area contributed by atoms with Crippen molar-refractivity contribution in [2.45, 2.75) is 6.92 Å². The first-order valence-electron chi connectivity index (χ1n) is 6.02. The quantitative estimate of drug-likeness (QED) is 0.474. The Bertz CT molecular complexity index is 461. The Labute approximate surface area is 110 Å². The van der Waals surface area contributed by atoms with Crippen LogP contribution >= 0.6 is 0 Å². The largest absolute Gasteiger partial charge is 0.362 e. The number of rotatable bonds is 5. The van der Waals surface area contributed by atoms with Crippen LogP contribution in [-0.2, 0) is 0 Å². The molecule has 94 valence electrons. The predicted octanol–water partition coefficient (Wildman–Crippen LogP) is 3.46. The monoisotopic (exact) mass is 241 g/mol. The van der Waals surface area contributed by atoms with Crippen molar-refractivity contribution in [3.05, 3.63) is 66.9 Å². The lowest BCUT2D eigenvalue weighted by Crippen LogP contribution is -2.05. The molecule has 0 radical (unpaired) electrons. The van der Waals surface area contributed by atoms with Gasteiger partial charge in [0.25, 0.3) is 0 Å². The van der Waals surface area contributed by atoms with E-state index in [9.17, 15) is 0 Å². The average molecular weight is 241 g/mol.